The predicted octanol–water partition coefficient (Wildman–Crippen LogP) is 2.06. The summed E-state index contributed by atoms with van der Waals surface area (Å²) in [6, 6.07) is 3.35. The zero-order valence-electron chi connectivity index (χ0n) is 12.2. The van der Waals surface area contributed by atoms with Crippen molar-refractivity contribution in [2.24, 2.45) is 0 Å². The minimum absolute atomic E-state index is 0.0782. The van der Waals surface area contributed by atoms with Gasteiger partial charge >= 0.3 is 17.1 Å². The number of H-pyrrole nitrogens is 1. The third-order valence-electron chi connectivity index (χ3n) is 4.16. The van der Waals surface area contributed by atoms with E-state index in [0.717, 1.165) is 10.0 Å². The summed E-state index contributed by atoms with van der Waals surface area (Å²) < 4.78 is 7.01. The molecule has 6 nitrogen and oxygen atoms in total. The molecule has 7 heteroatoms. The molecule has 1 aromatic heterocycles. The fourth-order valence-electron chi connectivity index (χ4n) is 3.19. The number of esters is 1. The Morgan fingerprint density at radius 1 is 1.45 bits per heavy atom. The number of ether oxygens (including phenoxy) is 1. The lowest BCUT2D eigenvalue weighted by Crippen LogP contribution is -2.41. The molecule has 1 aromatic carbocycles. The Balaban J connectivity index is 2.35. The fourth-order valence-corrected chi connectivity index (χ4v) is 3.66. The highest BCUT2D eigenvalue weighted by atomic mass is 79.9. The van der Waals surface area contributed by atoms with E-state index in [-0.39, 0.29) is 18.4 Å². The number of nitrogens with one attached hydrogen (secondary N) is 1. The number of rotatable bonds is 2. The molecule has 0 saturated carbocycles. The summed E-state index contributed by atoms with van der Waals surface area (Å²) in [6.45, 7) is 2.05. The molecule has 1 aliphatic heterocycles. The average Bonchev–Trinajstić information content (AvgIpc) is 2.46. The van der Waals surface area contributed by atoms with E-state index < -0.39 is 17.1 Å². The van der Waals surface area contributed by atoms with Gasteiger partial charge in [0.05, 0.1) is 24.6 Å². The molecular formula is C15H15BrN2O4. The molecule has 0 saturated heterocycles. The quantitative estimate of drug-likeness (QED) is 0.651. The minimum Gasteiger partial charge on any atom is -0.469 e. The molecule has 116 valence electrons. The first-order valence-corrected chi connectivity index (χ1v) is 7.76. The van der Waals surface area contributed by atoms with Crippen molar-refractivity contribution in [2.75, 3.05) is 7.11 Å². The van der Waals surface area contributed by atoms with E-state index in [9.17, 15) is 14.4 Å². The van der Waals surface area contributed by atoms with Crippen LogP contribution in [0.5, 0.6) is 0 Å². The van der Waals surface area contributed by atoms with E-state index in [2.05, 4.69) is 20.9 Å². The lowest BCUT2D eigenvalue weighted by Gasteiger charge is -2.31. The van der Waals surface area contributed by atoms with Crippen LogP contribution >= 0.6 is 15.9 Å². The molecule has 3 rings (SSSR count). The number of methoxy groups -OCH3 is 1. The Morgan fingerprint density at radius 3 is 2.86 bits per heavy atom. The second kappa shape index (κ2) is 5.39. The Morgan fingerprint density at radius 2 is 2.18 bits per heavy atom. The van der Waals surface area contributed by atoms with Gasteiger partial charge in [-0.1, -0.05) is 22.9 Å². The second-order valence-electron chi connectivity index (χ2n) is 5.59. The summed E-state index contributed by atoms with van der Waals surface area (Å²) in [7, 11) is 1.32. The van der Waals surface area contributed by atoms with Gasteiger partial charge in [0.15, 0.2) is 0 Å². The van der Waals surface area contributed by atoms with Crippen molar-refractivity contribution in [3.63, 3.8) is 0 Å². The predicted molar refractivity (Wildman–Crippen MR) is 85.2 cm³/mol. The molecule has 0 fully saturated rings. The number of benzene rings is 1. The number of carbonyl (C=O) groups is 1. The van der Waals surface area contributed by atoms with Gasteiger partial charge in [0.25, 0.3) is 0 Å². The molecule has 1 N–H and O–H groups in total. The highest BCUT2D eigenvalue weighted by molar-refractivity contribution is 9.10. The van der Waals surface area contributed by atoms with Gasteiger partial charge in [0, 0.05) is 10.5 Å². The van der Waals surface area contributed by atoms with E-state index in [1.807, 2.05) is 13.0 Å². The molecular weight excluding hydrogens is 352 g/mol. The van der Waals surface area contributed by atoms with E-state index in [1.165, 1.54) is 11.7 Å². The molecule has 2 unspecified atom stereocenters. The molecule has 0 aliphatic carbocycles. The Labute approximate surface area is 134 Å². The maximum absolute atomic E-state index is 12.3. The van der Waals surface area contributed by atoms with Gasteiger partial charge in [-0.2, -0.15) is 0 Å². The van der Waals surface area contributed by atoms with Gasteiger partial charge in [-0.15, -0.1) is 0 Å². The number of halogens is 1. The average molecular weight is 367 g/mol. The topological polar surface area (TPSA) is 81.2 Å². The first-order valence-electron chi connectivity index (χ1n) is 6.97. The highest BCUT2D eigenvalue weighted by Crippen LogP contribution is 2.39. The minimum atomic E-state index is -0.680. The zero-order valence-corrected chi connectivity index (χ0v) is 13.8. The molecule has 2 heterocycles. The Hall–Kier alpha value is -1.89. The third-order valence-corrected chi connectivity index (χ3v) is 4.62. The van der Waals surface area contributed by atoms with E-state index in [0.29, 0.717) is 17.5 Å². The van der Waals surface area contributed by atoms with Gasteiger partial charge in [-0.25, -0.2) is 0 Å². The molecule has 2 atom stereocenters. The SMILES string of the molecule is COC(=O)CC1CC(C)c2cc(Br)cc3[nH]c(=O)c(=O)n1c23. The van der Waals surface area contributed by atoms with Crippen LogP contribution in [0.2, 0.25) is 0 Å². The standard InChI is InChI=1S/C15H15BrN2O4/c1-7-3-9(6-12(19)22-2)18-13-10(7)4-8(16)5-11(13)17-14(20)15(18)21/h4-5,7,9H,3,6H2,1-2H3,(H,17,20). The van der Waals surface area contributed by atoms with Crippen LogP contribution in [0.1, 0.15) is 37.3 Å². The van der Waals surface area contributed by atoms with E-state index in [4.69, 9.17) is 4.74 Å². The maximum atomic E-state index is 12.3. The van der Waals surface area contributed by atoms with Crippen LogP contribution < -0.4 is 11.1 Å². The molecule has 2 aromatic rings. The highest BCUT2D eigenvalue weighted by Gasteiger charge is 2.30. The van der Waals surface area contributed by atoms with Crippen LogP contribution in [0, 0.1) is 0 Å². The normalized spacial score (nSPS) is 20.1. The monoisotopic (exact) mass is 366 g/mol. The van der Waals surface area contributed by atoms with E-state index in [1.54, 1.807) is 6.07 Å². The lowest BCUT2D eigenvalue weighted by molar-refractivity contribution is -0.141. The molecule has 0 amide bonds. The van der Waals surface area contributed by atoms with Crippen LogP contribution in [0.4, 0.5) is 0 Å². The first-order chi connectivity index (χ1) is 10.4. The molecule has 1 aliphatic rings. The Kier molecular flexibility index (Phi) is 3.68. The van der Waals surface area contributed by atoms with Crippen molar-refractivity contribution in [1.29, 1.82) is 0 Å². The fraction of sp³-hybridized carbons (Fsp3) is 0.400. The van der Waals surface area contributed by atoms with Gasteiger partial charge in [-0.05, 0) is 30.0 Å². The third kappa shape index (κ3) is 2.29. The first kappa shape index (κ1) is 15.0. The number of aromatic nitrogens is 2. The van der Waals surface area contributed by atoms with Gasteiger partial charge in [0.1, 0.15) is 0 Å². The van der Waals surface area contributed by atoms with Crippen LogP contribution in [-0.2, 0) is 9.53 Å². The lowest BCUT2D eigenvalue weighted by atomic mass is 9.87. The molecule has 0 bridgehead atoms. The summed E-state index contributed by atoms with van der Waals surface area (Å²) in [5.74, 6) is -0.224. The summed E-state index contributed by atoms with van der Waals surface area (Å²) in [5, 5.41) is 0. The zero-order chi connectivity index (χ0) is 16.0. The smallest absolute Gasteiger partial charge is 0.317 e. The second-order valence-corrected chi connectivity index (χ2v) is 6.51. The van der Waals surface area contributed by atoms with Crippen molar-refractivity contribution in [3.8, 4) is 0 Å². The number of hydrogen-bond acceptors (Lipinski definition) is 4. The van der Waals surface area contributed by atoms with Crippen LogP contribution in [0.25, 0.3) is 11.0 Å². The summed E-state index contributed by atoms with van der Waals surface area (Å²) in [4.78, 5) is 38.5. The summed E-state index contributed by atoms with van der Waals surface area (Å²) >= 11 is 3.43. The van der Waals surface area contributed by atoms with Crippen LogP contribution in [0.3, 0.4) is 0 Å². The van der Waals surface area contributed by atoms with Crippen molar-refractivity contribution >= 4 is 32.9 Å². The van der Waals surface area contributed by atoms with Gasteiger partial charge in [0.2, 0.25) is 0 Å². The van der Waals surface area contributed by atoms with Crippen molar-refractivity contribution in [3.05, 3.63) is 42.9 Å². The van der Waals surface area contributed by atoms with Crippen molar-refractivity contribution < 1.29 is 9.53 Å². The molecule has 0 spiro atoms. The summed E-state index contributed by atoms with van der Waals surface area (Å²) in [5.41, 5.74) is 0.965. The number of carbonyl (C=O) groups excluding carboxylic acids is 1. The summed E-state index contributed by atoms with van der Waals surface area (Å²) in [6.07, 6.45) is 0.686. The number of hydrogen-bond donors (Lipinski definition) is 1. The maximum Gasteiger partial charge on any atom is 0.317 e. The molecule has 0 radical (unpaired) electrons. The van der Waals surface area contributed by atoms with Crippen LogP contribution in [-0.4, -0.2) is 22.6 Å². The van der Waals surface area contributed by atoms with Gasteiger partial charge < -0.3 is 9.72 Å². The van der Waals surface area contributed by atoms with Crippen LogP contribution in [0.15, 0.2) is 26.2 Å². The number of aromatic amines is 1. The van der Waals surface area contributed by atoms with Gasteiger partial charge in [-0.3, -0.25) is 19.0 Å². The largest absolute Gasteiger partial charge is 0.469 e. The van der Waals surface area contributed by atoms with E-state index >= 15 is 0 Å². The van der Waals surface area contributed by atoms with Crippen molar-refractivity contribution in [2.45, 2.75) is 31.7 Å². The van der Waals surface area contributed by atoms with Crippen molar-refractivity contribution in [1.82, 2.24) is 9.55 Å². The number of nitrogens with zero attached hydrogens (tertiary/aromatic N) is 1. The molecule has 22 heavy (non-hydrogen) atoms. The Bertz CT molecular complexity index is 883.